The number of halogens is 2. The number of fused-ring (bicyclic) bond motifs is 1. The fourth-order valence-corrected chi connectivity index (χ4v) is 3.86. The van der Waals surface area contributed by atoms with Crippen molar-refractivity contribution in [2.75, 3.05) is 20.2 Å². The fraction of sp³-hybridized carbons (Fsp3) is 0.520. The van der Waals surface area contributed by atoms with Crippen molar-refractivity contribution in [3.8, 4) is 5.69 Å². The Morgan fingerprint density at radius 2 is 2.00 bits per heavy atom. The van der Waals surface area contributed by atoms with Crippen molar-refractivity contribution in [1.29, 1.82) is 0 Å². The monoisotopic (exact) mass is 505 g/mol. The second-order valence-corrected chi connectivity index (χ2v) is 9.78. The van der Waals surface area contributed by atoms with Crippen LogP contribution in [0, 0.1) is 17.0 Å². The molecule has 0 saturated heterocycles. The summed E-state index contributed by atoms with van der Waals surface area (Å²) < 4.78 is 39.9. The lowest BCUT2D eigenvalue weighted by molar-refractivity contribution is -0.125. The third-order valence-corrected chi connectivity index (χ3v) is 5.84. The fourth-order valence-electron chi connectivity index (χ4n) is 3.86. The molecule has 0 aliphatic carbocycles. The first kappa shape index (κ1) is 27.3. The molecule has 3 rings (SSSR count). The Kier molecular flexibility index (Phi) is 8.44. The molecule has 2 N–H and O–H groups in total. The molecule has 2 heterocycles. The standard InChI is InChI=1S/C25H33F2N5O4/c1-14(36-15(2)28-6)12-29-24(34)22(25(3,4)5)30-23(33)21-17-13-35-10-9-20(17)32(31-21)16-7-8-18(26)19(27)11-16/h7-8,11,14,22H,9-10,12-13H2,1-6H3,(H,29,34)(H,30,33)/t14?,22-/m1/s1. The number of benzene rings is 1. The van der Waals surface area contributed by atoms with Crippen molar-refractivity contribution >= 4 is 17.7 Å². The van der Waals surface area contributed by atoms with E-state index in [1.54, 1.807) is 20.9 Å². The van der Waals surface area contributed by atoms with Gasteiger partial charge in [-0.05, 0) is 24.5 Å². The molecule has 2 amide bonds. The van der Waals surface area contributed by atoms with E-state index in [9.17, 15) is 18.4 Å². The minimum Gasteiger partial charge on any atom is -0.476 e. The number of aliphatic imine (C=N–C) groups is 1. The van der Waals surface area contributed by atoms with E-state index < -0.39 is 29.0 Å². The van der Waals surface area contributed by atoms with E-state index in [0.29, 0.717) is 30.2 Å². The second-order valence-electron chi connectivity index (χ2n) is 9.78. The Morgan fingerprint density at radius 1 is 1.28 bits per heavy atom. The maximum atomic E-state index is 13.9. The molecular formula is C25H33F2N5O4. The number of amides is 2. The van der Waals surface area contributed by atoms with Gasteiger partial charge in [0.05, 0.1) is 31.1 Å². The molecule has 1 aromatic heterocycles. The van der Waals surface area contributed by atoms with Crippen LogP contribution in [0.2, 0.25) is 0 Å². The minimum absolute atomic E-state index is 0.0722. The second kappa shape index (κ2) is 11.2. The van der Waals surface area contributed by atoms with Gasteiger partial charge in [0, 0.05) is 32.0 Å². The summed E-state index contributed by atoms with van der Waals surface area (Å²) in [7, 11) is 1.61. The van der Waals surface area contributed by atoms with Crippen LogP contribution < -0.4 is 10.6 Å². The highest BCUT2D eigenvalue weighted by atomic mass is 19.2. The zero-order chi connectivity index (χ0) is 26.6. The summed E-state index contributed by atoms with van der Waals surface area (Å²) in [5.41, 5.74) is 0.962. The number of rotatable bonds is 7. The minimum atomic E-state index is -1.02. The van der Waals surface area contributed by atoms with Crippen LogP contribution in [0.5, 0.6) is 0 Å². The Hall–Kier alpha value is -3.34. The molecule has 1 unspecified atom stereocenters. The van der Waals surface area contributed by atoms with Crippen LogP contribution >= 0.6 is 0 Å². The first-order valence-corrected chi connectivity index (χ1v) is 11.7. The van der Waals surface area contributed by atoms with E-state index in [-0.39, 0.29) is 36.5 Å². The van der Waals surface area contributed by atoms with Gasteiger partial charge in [-0.3, -0.25) is 14.6 Å². The van der Waals surface area contributed by atoms with Crippen LogP contribution in [0.1, 0.15) is 56.4 Å². The highest BCUT2D eigenvalue weighted by Gasteiger charge is 2.35. The number of hydrogen-bond donors (Lipinski definition) is 2. The summed E-state index contributed by atoms with van der Waals surface area (Å²) in [6, 6.07) is 2.55. The summed E-state index contributed by atoms with van der Waals surface area (Å²) in [6.45, 7) is 9.80. The van der Waals surface area contributed by atoms with Gasteiger partial charge in [-0.1, -0.05) is 20.8 Å². The maximum absolute atomic E-state index is 13.9. The van der Waals surface area contributed by atoms with Gasteiger partial charge in [0.2, 0.25) is 5.91 Å². The molecule has 0 spiro atoms. The number of aromatic nitrogens is 2. The first-order chi connectivity index (χ1) is 16.9. The largest absolute Gasteiger partial charge is 0.476 e. The number of carbonyl (C=O) groups excluding carboxylic acids is 2. The molecule has 2 aromatic rings. The molecule has 9 nitrogen and oxygen atoms in total. The average molecular weight is 506 g/mol. The van der Waals surface area contributed by atoms with Crippen LogP contribution in [-0.4, -0.2) is 59.8 Å². The van der Waals surface area contributed by atoms with E-state index in [1.807, 2.05) is 20.8 Å². The number of ether oxygens (including phenoxy) is 2. The quantitative estimate of drug-likeness (QED) is 0.445. The Balaban J connectivity index is 1.84. The highest BCUT2D eigenvalue weighted by molar-refractivity contribution is 5.97. The van der Waals surface area contributed by atoms with Crippen molar-refractivity contribution in [1.82, 2.24) is 20.4 Å². The van der Waals surface area contributed by atoms with Gasteiger partial charge in [0.25, 0.3) is 5.91 Å². The zero-order valence-electron chi connectivity index (χ0n) is 21.4. The van der Waals surface area contributed by atoms with Gasteiger partial charge in [-0.15, -0.1) is 0 Å². The van der Waals surface area contributed by atoms with Gasteiger partial charge >= 0.3 is 0 Å². The molecule has 2 atom stereocenters. The summed E-state index contributed by atoms with van der Waals surface area (Å²) in [4.78, 5) is 30.4. The van der Waals surface area contributed by atoms with Crippen molar-refractivity contribution in [3.63, 3.8) is 0 Å². The van der Waals surface area contributed by atoms with E-state index >= 15 is 0 Å². The molecule has 0 saturated carbocycles. The lowest BCUT2D eigenvalue weighted by atomic mass is 9.86. The van der Waals surface area contributed by atoms with Gasteiger partial charge in [-0.25, -0.2) is 13.5 Å². The molecule has 1 aliphatic heterocycles. The summed E-state index contributed by atoms with van der Waals surface area (Å²) >= 11 is 0. The predicted molar refractivity (Wildman–Crippen MR) is 130 cm³/mol. The molecule has 36 heavy (non-hydrogen) atoms. The van der Waals surface area contributed by atoms with E-state index in [4.69, 9.17) is 9.47 Å². The molecule has 0 fully saturated rings. The first-order valence-electron chi connectivity index (χ1n) is 11.7. The smallest absolute Gasteiger partial charge is 0.272 e. The Morgan fingerprint density at radius 3 is 2.64 bits per heavy atom. The predicted octanol–water partition coefficient (Wildman–Crippen LogP) is 2.94. The van der Waals surface area contributed by atoms with E-state index in [0.717, 1.165) is 12.1 Å². The molecule has 0 radical (unpaired) electrons. The van der Waals surface area contributed by atoms with Crippen LogP contribution in [0.3, 0.4) is 0 Å². The van der Waals surface area contributed by atoms with Gasteiger partial charge in [0.15, 0.2) is 23.2 Å². The molecule has 0 bridgehead atoms. The number of hydrogen-bond acceptors (Lipinski definition) is 6. The van der Waals surface area contributed by atoms with Gasteiger partial charge in [0.1, 0.15) is 12.1 Å². The maximum Gasteiger partial charge on any atom is 0.272 e. The number of nitrogens with one attached hydrogen (secondary N) is 2. The molecule has 1 aromatic carbocycles. The molecule has 196 valence electrons. The van der Waals surface area contributed by atoms with E-state index in [1.165, 1.54) is 10.7 Å². The van der Waals surface area contributed by atoms with Crippen LogP contribution in [0.15, 0.2) is 23.2 Å². The van der Waals surface area contributed by atoms with Crippen LogP contribution in [-0.2, 0) is 27.3 Å². The third-order valence-electron chi connectivity index (χ3n) is 5.84. The van der Waals surface area contributed by atoms with Gasteiger partial charge < -0.3 is 20.1 Å². The molecule has 11 heteroatoms. The summed E-state index contributed by atoms with van der Waals surface area (Å²) in [5, 5.41) is 10.0. The van der Waals surface area contributed by atoms with Crippen LogP contribution in [0.4, 0.5) is 8.78 Å². The lowest BCUT2D eigenvalue weighted by Gasteiger charge is -2.30. The zero-order valence-corrected chi connectivity index (χ0v) is 21.4. The van der Waals surface area contributed by atoms with Crippen molar-refractivity contribution in [2.45, 2.75) is 59.8 Å². The lowest BCUT2D eigenvalue weighted by Crippen LogP contribution is -2.54. The molecular weight excluding hydrogens is 472 g/mol. The van der Waals surface area contributed by atoms with E-state index in [2.05, 4.69) is 20.7 Å². The number of nitrogens with zero attached hydrogens (tertiary/aromatic N) is 3. The topological polar surface area (TPSA) is 107 Å². The number of carbonyl (C=O) groups is 2. The normalized spacial score (nSPS) is 15.6. The SMILES string of the molecule is CN=C(C)OC(C)CNC(=O)[C@@H](NC(=O)c1nn(-c2ccc(F)c(F)c2)c2c1COCC2)C(C)(C)C. The van der Waals surface area contributed by atoms with Crippen molar-refractivity contribution in [2.24, 2.45) is 10.4 Å². The Bertz CT molecular complexity index is 1160. The Labute approximate surface area is 209 Å². The summed E-state index contributed by atoms with van der Waals surface area (Å²) in [5.74, 6) is -2.43. The summed E-state index contributed by atoms with van der Waals surface area (Å²) in [6.07, 6.45) is 0.126. The third kappa shape index (κ3) is 6.26. The van der Waals surface area contributed by atoms with Crippen molar-refractivity contribution in [3.05, 3.63) is 46.8 Å². The van der Waals surface area contributed by atoms with Crippen molar-refractivity contribution < 1.29 is 27.8 Å². The highest BCUT2D eigenvalue weighted by Crippen LogP contribution is 2.26. The van der Waals surface area contributed by atoms with Gasteiger partial charge in [-0.2, -0.15) is 5.10 Å². The molecule has 1 aliphatic rings. The average Bonchev–Trinajstić information content (AvgIpc) is 3.21. The van der Waals surface area contributed by atoms with Crippen LogP contribution in [0.25, 0.3) is 5.69 Å².